The van der Waals surface area contributed by atoms with Crippen LogP contribution in [0.2, 0.25) is 5.02 Å². The highest BCUT2D eigenvalue weighted by atomic mass is 35.5. The second-order valence-electron chi connectivity index (χ2n) is 5.90. The minimum Gasteiger partial charge on any atom is -0.310 e. The van der Waals surface area contributed by atoms with Crippen LogP contribution in [0.25, 0.3) is 0 Å². The molecule has 2 heteroatoms. The minimum atomic E-state index is 0.369. The highest BCUT2D eigenvalue weighted by Crippen LogP contribution is 2.21. The molecule has 17 heavy (non-hydrogen) atoms. The molecule has 0 saturated heterocycles. The van der Waals surface area contributed by atoms with E-state index in [1.807, 2.05) is 18.2 Å². The summed E-state index contributed by atoms with van der Waals surface area (Å²) in [6.07, 6.45) is 2.47. The van der Waals surface area contributed by atoms with Crippen molar-refractivity contribution >= 4 is 11.6 Å². The molecule has 1 aromatic rings. The van der Waals surface area contributed by atoms with E-state index in [9.17, 15) is 0 Å². The largest absolute Gasteiger partial charge is 0.310 e. The van der Waals surface area contributed by atoms with E-state index < -0.39 is 0 Å². The first kappa shape index (κ1) is 14.5. The molecule has 0 aliphatic carbocycles. The first-order valence-electron chi connectivity index (χ1n) is 6.37. The molecular formula is C15H24ClN. The lowest BCUT2D eigenvalue weighted by molar-refractivity contribution is 0.357. The van der Waals surface area contributed by atoms with Crippen molar-refractivity contribution in [1.82, 2.24) is 5.32 Å². The van der Waals surface area contributed by atoms with Crippen LogP contribution < -0.4 is 5.32 Å². The predicted molar refractivity (Wildman–Crippen MR) is 76.6 cm³/mol. The fourth-order valence-corrected chi connectivity index (χ4v) is 2.03. The van der Waals surface area contributed by atoms with Crippen molar-refractivity contribution in [3.8, 4) is 0 Å². The Bertz CT molecular complexity index is 341. The smallest absolute Gasteiger partial charge is 0.0409 e. The van der Waals surface area contributed by atoms with Crippen LogP contribution in [-0.2, 0) is 0 Å². The molecule has 0 radical (unpaired) electrons. The van der Waals surface area contributed by atoms with Gasteiger partial charge in [0, 0.05) is 11.1 Å². The van der Waals surface area contributed by atoms with E-state index in [2.05, 4.69) is 39.1 Å². The van der Waals surface area contributed by atoms with Crippen LogP contribution >= 0.6 is 11.6 Å². The second kappa shape index (κ2) is 6.42. The molecule has 0 bridgehead atoms. The van der Waals surface area contributed by atoms with Gasteiger partial charge in [-0.05, 0) is 49.4 Å². The zero-order valence-corrected chi connectivity index (χ0v) is 12.1. The lowest BCUT2D eigenvalue weighted by Crippen LogP contribution is -2.21. The van der Waals surface area contributed by atoms with Crippen molar-refractivity contribution in [3.05, 3.63) is 34.9 Å². The van der Waals surface area contributed by atoms with Crippen LogP contribution in [0, 0.1) is 5.41 Å². The molecule has 0 aliphatic heterocycles. The molecule has 1 aromatic carbocycles. The summed E-state index contributed by atoms with van der Waals surface area (Å²) in [6.45, 7) is 10.1. The minimum absolute atomic E-state index is 0.369. The molecule has 0 unspecified atom stereocenters. The molecule has 0 aliphatic rings. The van der Waals surface area contributed by atoms with Gasteiger partial charge in [-0.15, -0.1) is 0 Å². The molecule has 1 N–H and O–H groups in total. The van der Waals surface area contributed by atoms with Gasteiger partial charge >= 0.3 is 0 Å². The van der Waals surface area contributed by atoms with Gasteiger partial charge in [0.2, 0.25) is 0 Å². The summed E-state index contributed by atoms with van der Waals surface area (Å²) in [6, 6.07) is 8.44. The first-order valence-corrected chi connectivity index (χ1v) is 6.75. The molecule has 0 fully saturated rings. The third-order valence-corrected chi connectivity index (χ3v) is 3.14. The molecule has 1 nitrogen and oxygen atoms in total. The number of benzene rings is 1. The summed E-state index contributed by atoms with van der Waals surface area (Å²) in [5.74, 6) is 0. The fourth-order valence-electron chi connectivity index (χ4n) is 1.83. The number of hydrogen-bond acceptors (Lipinski definition) is 1. The van der Waals surface area contributed by atoms with Gasteiger partial charge in [-0.2, -0.15) is 0 Å². The van der Waals surface area contributed by atoms with Crippen molar-refractivity contribution in [2.45, 2.75) is 46.6 Å². The van der Waals surface area contributed by atoms with E-state index in [0.29, 0.717) is 11.5 Å². The SMILES string of the molecule is C[C@H](NCCCC(C)(C)C)c1cccc(Cl)c1. The normalized spacial score (nSPS) is 13.7. The van der Waals surface area contributed by atoms with Gasteiger partial charge in [0.15, 0.2) is 0 Å². The van der Waals surface area contributed by atoms with Crippen molar-refractivity contribution in [2.24, 2.45) is 5.41 Å². The highest BCUT2D eigenvalue weighted by Gasteiger charge is 2.10. The summed E-state index contributed by atoms with van der Waals surface area (Å²) < 4.78 is 0. The van der Waals surface area contributed by atoms with Gasteiger partial charge in [-0.3, -0.25) is 0 Å². The number of rotatable bonds is 5. The van der Waals surface area contributed by atoms with E-state index in [4.69, 9.17) is 11.6 Å². The Morgan fingerprint density at radius 3 is 2.59 bits per heavy atom. The maximum absolute atomic E-state index is 5.98. The Hall–Kier alpha value is -0.530. The molecule has 1 rings (SSSR count). The summed E-state index contributed by atoms with van der Waals surface area (Å²) >= 11 is 5.98. The lowest BCUT2D eigenvalue weighted by Gasteiger charge is -2.19. The zero-order valence-electron chi connectivity index (χ0n) is 11.4. The summed E-state index contributed by atoms with van der Waals surface area (Å²) in [4.78, 5) is 0. The molecule has 96 valence electrons. The molecule has 0 aromatic heterocycles. The zero-order chi connectivity index (χ0) is 12.9. The van der Waals surface area contributed by atoms with Gasteiger partial charge in [-0.25, -0.2) is 0 Å². The van der Waals surface area contributed by atoms with Crippen LogP contribution in [-0.4, -0.2) is 6.54 Å². The van der Waals surface area contributed by atoms with E-state index >= 15 is 0 Å². The van der Waals surface area contributed by atoms with Crippen LogP contribution in [0.15, 0.2) is 24.3 Å². The van der Waals surface area contributed by atoms with Gasteiger partial charge in [0.1, 0.15) is 0 Å². The average molecular weight is 254 g/mol. The van der Waals surface area contributed by atoms with Crippen molar-refractivity contribution in [1.29, 1.82) is 0 Å². The first-order chi connectivity index (χ1) is 7.88. The van der Waals surface area contributed by atoms with Crippen LogP contribution in [0.3, 0.4) is 0 Å². The fraction of sp³-hybridized carbons (Fsp3) is 0.600. The average Bonchev–Trinajstić information content (AvgIpc) is 2.23. The van der Waals surface area contributed by atoms with E-state index in [-0.39, 0.29) is 0 Å². The Balaban J connectivity index is 2.33. The highest BCUT2D eigenvalue weighted by molar-refractivity contribution is 6.30. The maximum atomic E-state index is 5.98. The number of hydrogen-bond donors (Lipinski definition) is 1. The Kier molecular flexibility index (Phi) is 5.48. The molecule has 0 heterocycles. The third kappa shape index (κ3) is 6.09. The third-order valence-electron chi connectivity index (χ3n) is 2.90. The van der Waals surface area contributed by atoms with Crippen molar-refractivity contribution in [3.63, 3.8) is 0 Å². The van der Waals surface area contributed by atoms with Crippen molar-refractivity contribution < 1.29 is 0 Å². The van der Waals surface area contributed by atoms with E-state index in [0.717, 1.165) is 11.6 Å². The maximum Gasteiger partial charge on any atom is 0.0409 e. The standard InChI is InChI=1S/C15H24ClN/c1-12(13-7-5-8-14(16)11-13)17-10-6-9-15(2,3)4/h5,7-8,11-12,17H,6,9-10H2,1-4H3/t12-/m0/s1. The topological polar surface area (TPSA) is 12.0 Å². The van der Waals surface area contributed by atoms with Crippen LogP contribution in [0.5, 0.6) is 0 Å². The summed E-state index contributed by atoms with van der Waals surface area (Å²) in [7, 11) is 0. The molecule has 0 amide bonds. The Morgan fingerprint density at radius 1 is 1.29 bits per heavy atom. The molecule has 1 atom stereocenters. The number of halogens is 1. The van der Waals surface area contributed by atoms with E-state index in [1.165, 1.54) is 18.4 Å². The summed E-state index contributed by atoms with van der Waals surface area (Å²) in [5.41, 5.74) is 1.69. The predicted octanol–water partition coefficient (Wildman–Crippen LogP) is 4.82. The molecular weight excluding hydrogens is 230 g/mol. The quantitative estimate of drug-likeness (QED) is 0.742. The Labute approximate surface area is 111 Å². The molecule has 0 saturated carbocycles. The molecule has 0 spiro atoms. The van der Waals surface area contributed by atoms with Gasteiger partial charge in [0.25, 0.3) is 0 Å². The monoisotopic (exact) mass is 253 g/mol. The number of nitrogens with one attached hydrogen (secondary N) is 1. The van der Waals surface area contributed by atoms with Crippen molar-refractivity contribution in [2.75, 3.05) is 6.54 Å². The summed E-state index contributed by atoms with van der Waals surface area (Å²) in [5, 5.41) is 4.35. The van der Waals surface area contributed by atoms with E-state index in [1.54, 1.807) is 0 Å². The van der Waals surface area contributed by atoms with Gasteiger partial charge in [-0.1, -0.05) is 44.5 Å². The van der Waals surface area contributed by atoms with Crippen LogP contribution in [0.4, 0.5) is 0 Å². The Morgan fingerprint density at radius 2 is 2.00 bits per heavy atom. The van der Waals surface area contributed by atoms with Gasteiger partial charge < -0.3 is 5.32 Å². The lowest BCUT2D eigenvalue weighted by atomic mass is 9.90. The van der Waals surface area contributed by atoms with Gasteiger partial charge in [0.05, 0.1) is 0 Å². The second-order valence-corrected chi connectivity index (χ2v) is 6.33. The van der Waals surface area contributed by atoms with Crippen LogP contribution in [0.1, 0.15) is 52.1 Å².